The highest BCUT2D eigenvalue weighted by Crippen LogP contribution is 2.29. The van der Waals surface area contributed by atoms with Crippen LogP contribution in [-0.4, -0.2) is 55.3 Å². The van der Waals surface area contributed by atoms with Crippen LogP contribution in [0.3, 0.4) is 0 Å². The van der Waals surface area contributed by atoms with Gasteiger partial charge >= 0.3 is 0 Å². The van der Waals surface area contributed by atoms with Crippen molar-refractivity contribution < 1.29 is 9.84 Å². The number of aromatic hydroxyl groups is 1. The number of nitrogens with one attached hydrogen (secondary N) is 2. The SMILES string of the molecule is CCNC(=NCC1CCCN1Cc1ccccc1)NCCc1cccc(OC)c1O.I. The molecule has 0 bridgehead atoms. The highest BCUT2D eigenvalue weighted by atomic mass is 127. The molecule has 3 rings (SSSR count). The van der Waals surface area contributed by atoms with Crippen molar-refractivity contribution in [2.45, 2.75) is 38.8 Å². The van der Waals surface area contributed by atoms with Gasteiger partial charge < -0.3 is 20.5 Å². The van der Waals surface area contributed by atoms with Gasteiger partial charge in [-0.3, -0.25) is 9.89 Å². The first-order valence-corrected chi connectivity index (χ1v) is 10.9. The zero-order valence-corrected chi connectivity index (χ0v) is 20.8. The first kappa shape index (κ1) is 25.3. The summed E-state index contributed by atoms with van der Waals surface area (Å²) < 4.78 is 5.19. The second kappa shape index (κ2) is 13.4. The van der Waals surface area contributed by atoms with Gasteiger partial charge in [0.25, 0.3) is 0 Å². The lowest BCUT2D eigenvalue weighted by Crippen LogP contribution is -2.40. The molecule has 1 aliphatic heterocycles. The molecule has 31 heavy (non-hydrogen) atoms. The number of likely N-dealkylation sites (tertiary alicyclic amines) is 1. The van der Waals surface area contributed by atoms with Gasteiger partial charge in [-0.05, 0) is 49.9 Å². The molecule has 0 radical (unpaired) electrons. The summed E-state index contributed by atoms with van der Waals surface area (Å²) in [5.41, 5.74) is 2.22. The third kappa shape index (κ3) is 7.57. The summed E-state index contributed by atoms with van der Waals surface area (Å²) in [5.74, 6) is 1.55. The molecule has 3 N–H and O–H groups in total. The van der Waals surface area contributed by atoms with E-state index < -0.39 is 0 Å². The minimum absolute atomic E-state index is 0. The van der Waals surface area contributed by atoms with Crippen molar-refractivity contribution in [3.8, 4) is 11.5 Å². The summed E-state index contributed by atoms with van der Waals surface area (Å²) in [6.07, 6.45) is 3.11. The van der Waals surface area contributed by atoms with Crippen molar-refractivity contribution in [3.05, 3.63) is 59.7 Å². The standard InChI is InChI=1S/C24H34N4O2.HI/c1-3-25-24(26-15-14-20-11-7-13-22(30-2)23(20)29)27-17-21-12-8-16-28(21)18-19-9-5-4-6-10-19;/h4-7,9-11,13,21,29H,3,8,12,14-18H2,1-2H3,(H2,25,26,27);1H. The number of methoxy groups -OCH3 is 1. The van der Waals surface area contributed by atoms with Crippen molar-refractivity contribution in [1.82, 2.24) is 15.5 Å². The third-order valence-electron chi connectivity index (χ3n) is 5.52. The number of ether oxygens (including phenoxy) is 1. The highest BCUT2D eigenvalue weighted by Gasteiger charge is 2.24. The number of phenols is 1. The molecule has 1 heterocycles. The molecule has 0 aromatic heterocycles. The van der Waals surface area contributed by atoms with E-state index in [2.05, 4.69) is 52.8 Å². The van der Waals surface area contributed by atoms with Crippen LogP contribution in [0.5, 0.6) is 11.5 Å². The van der Waals surface area contributed by atoms with Crippen LogP contribution in [0.2, 0.25) is 0 Å². The van der Waals surface area contributed by atoms with E-state index in [4.69, 9.17) is 9.73 Å². The molecule has 0 amide bonds. The molecule has 6 nitrogen and oxygen atoms in total. The van der Waals surface area contributed by atoms with E-state index in [1.165, 1.54) is 18.4 Å². The van der Waals surface area contributed by atoms with Crippen LogP contribution < -0.4 is 15.4 Å². The highest BCUT2D eigenvalue weighted by molar-refractivity contribution is 14.0. The Balaban J connectivity index is 0.00000341. The van der Waals surface area contributed by atoms with E-state index in [1.54, 1.807) is 13.2 Å². The molecule has 1 saturated heterocycles. The van der Waals surface area contributed by atoms with Gasteiger partial charge in [0, 0.05) is 25.7 Å². The van der Waals surface area contributed by atoms with Crippen molar-refractivity contribution in [3.63, 3.8) is 0 Å². The van der Waals surface area contributed by atoms with Crippen LogP contribution in [0.15, 0.2) is 53.5 Å². The zero-order chi connectivity index (χ0) is 21.2. The van der Waals surface area contributed by atoms with Gasteiger partial charge in [0.15, 0.2) is 17.5 Å². The zero-order valence-electron chi connectivity index (χ0n) is 18.5. The summed E-state index contributed by atoms with van der Waals surface area (Å²) in [6.45, 7) is 6.48. The predicted octanol–water partition coefficient (Wildman–Crippen LogP) is 3.78. The van der Waals surface area contributed by atoms with Crippen LogP contribution in [0.1, 0.15) is 30.9 Å². The van der Waals surface area contributed by atoms with E-state index >= 15 is 0 Å². The molecule has 0 spiro atoms. The molecule has 0 saturated carbocycles. The van der Waals surface area contributed by atoms with Crippen LogP contribution in [0, 0.1) is 0 Å². The smallest absolute Gasteiger partial charge is 0.191 e. The number of hydrogen-bond acceptors (Lipinski definition) is 4. The lowest BCUT2D eigenvalue weighted by molar-refractivity contribution is 0.250. The Morgan fingerprint density at radius 2 is 1.97 bits per heavy atom. The molecule has 0 aliphatic carbocycles. The Labute approximate surface area is 203 Å². The first-order chi connectivity index (χ1) is 14.7. The molecule has 1 aliphatic rings. The fraction of sp³-hybridized carbons (Fsp3) is 0.458. The molecule has 1 atom stereocenters. The van der Waals surface area contributed by atoms with Crippen LogP contribution in [0.25, 0.3) is 0 Å². The van der Waals surface area contributed by atoms with Crippen LogP contribution in [-0.2, 0) is 13.0 Å². The number of nitrogens with zero attached hydrogens (tertiary/aromatic N) is 2. The number of aliphatic imine (C=N–C) groups is 1. The summed E-state index contributed by atoms with van der Waals surface area (Å²) in [5, 5.41) is 17.0. The number of halogens is 1. The summed E-state index contributed by atoms with van der Waals surface area (Å²) in [7, 11) is 1.57. The van der Waals surface area contributed by atoms with E-state index in [0.29, 0.717) is 24.8 Å². The summed E-state index contributed by atoms with van der Waals surface area (Å²) in [4.78, 5) is 7.38. The van der Waals surface area contributed by atoms with Crippen LogP contribution >= 0.6 is 24.0 Å². The summed E-state index contributed by atoms with van der Waals surface area (Å²) in [6, 6.07) is 16.7. The Hall–Kier alpha value is -2.00. The quantitative estimate of drug-likeness (QED) is 0.258. The van der Waals surface area contributed by atoms with E-state index in [9.17, 15) is 5.11 Å². The minimum Gasteiger partial charge on any atom is -0.504 e. The Morgan fingerprint density at radius 3 is 2.71 bits per heavy atom. The van der Waals surface area contributed by atoms with E-state index in [0.717, 1.165) is 37.7 Å². The summed E-state index contributed by atoms with van der Waals surface area (Å²) >= 11 is 0. The first-order valence-electron chi connectivity index (χ1n) is 10.9. The normalized spacial score (nSPS) is 16.6. The average molecular weight is 538 g/mol. The molecule has 2 aromatic rings. The van der Waals surface area contributed by atoms with Gasteiger partial charge in [0.05, 0.1) is 13.7 Å². The lowest BCUT2D eigenvalue weighted by atomic mass is 10.1. The predicted molar refractivity (Wildman–Crippen MR) is 138 cm³/mol. The number of guanidine groups is 1. The third-order valence-corrected chi connectivity index (χ3v) is 5.52. The number of hydrogen-bond donors (Lipinski definition) is 3. The molecular formula is C24H35IN4O2. The Kier molecular flexibility index (Phi) is 10.9. The molecule has 1 unspecified atom stereocenters. The fourth-order valence-corrected chi connectivity index (χ4v) is 3.92. The van der Waals surface area contributed by atoms with Crippen molar-refractivity contribution >= 4 is 29.9 Å². The van der Waals surface area contributed by atoms with Gasteiger partial charge in [-0.25, -0.2) is 0 Å². The number of para-hydroxylation sites is 1. The molecule has 1 fully saturated rings. The maximum atomic E-state index is 10.3. The van der Waals surface area contributed by atoms with Crippen LogP contribution in [0.4, 0.5) is 0 Å². The maximum Gasteiger partial charge on any atom is 0.191 e. The lowest BCUT2D eigenvalue weighted by Gasteiger charge is -2.23. The van der Waals surface area contributed by atoms with Crippen molar-refractivity contribution in [2.24, 2.45) is 4.99 Å². The monoisotopic (exact) mass is 538 g/mol. The second-order valence-electron chi connectivity index (χ2n) is 7.62. The Morgan fingerprint density at radius 1 is 1.16 bits per heavy atom. The van der Waals surface area contributed by atoms with E-state index in [1.807, 2.05) is 12.1 Å². The van der Waals surface area contributed by atoms with Gasteiger partial charge in [-0.1, -0.05) is 42.5 Å². The number of phenolic OH excluding ortho intramolecular Hbond substituents is 1. The van der Waals surface area contributed by atoms with Gasteiger partial charge in [-0.2, -0.15) is 0 Å². The fourth-order valence-electron chi connectivity index (χ4n) is 3.92. The molecule has 2 aromatic carbocycles. The molecular weight excluding hydrogens is 503 g/mol. The second-order valence-corrected chi connectivity index (χ2v) is 7.62. The average Bonchev–Trinajstić information content (AvgIpc) is 3.20. The maximum absolute atomic E-state index is 10.3. The number of rotatable bonds is 9. The minimum atomic E-state index is 0. The number of benzene rings is 2. The van der Waals surface area contributed by atoms with Gasteiger partial charge in [0.2, 0.25) is 0 Å². The Bertz CT molecular complexity index is 816. The molecule has 170 valence electrons. The topological polar surface area (TPSA) is 69.1 Å². The van der Waals surface area contributed by atoms with Crippen molar-refractivity contribution in [2.75, 3.05) is 33.3 Å². The largest absolute Gasteiger partial charge is 0.504 e. The van der Waals surface area contributed by atoms with Crippen molar-refractivity contribution in [1.29, 1.82) is 0 Å². The van der Waals surface area contributed by atoms with Gasteiger partial charge in [-0.15, -0.1) is 24.0 Å². The van der Waals surface area contributed by atoms with E-state index in [-0.39, 0.29) is 29.7 Å². The van der Waals surface area contributed by atoms with Gasteiger partial charge in [0.1, 0.15) is 0 Å². The molecule has 7 heteroatoms.